The normalized spacial score (nSPS) is 14.8. The van der Waals surface area contributed by atoms with Crippen molar-refractivity contribution in [3.8, 4) is 0 Å². The summed E-state index contributed by atoms with van der Waals surface area (Å²) >= 11 is 0. The second-order valence-corrected chi connectivity index (χ2v) is 7.77. The molecule has 168 valence electrons. The zero-order chi connectivity index (χ0) is 23.2. The van der Waals surface area contributed by atoms with Crippen LogP contribution >= 0.6 is 0 Å². The third-order valence-corrected chi connectivity index (χ3v) is 5.53. The first kappa shape index (κ1) is 22.1. The molecule has 4 rings (SSSR count). The van der Waals surface area contributed by atoms with Gasteiger partial charge >= 0.3 is 18.0 Å². The largest absolute Gasteiger partial charge is 0.465 e. The summed E-state index contributed by atoms with van der Waals surface area (Å²) in [6.45, 7) is 0.200. The topological polar surface area (TPSA) is 93.1 Å². The Morgan fingerprint density at radius 2 is 1.42 bits per heavy atom. The summed E-state index contributed by atoms with van der Waals surface area (Å²) in [4.78, 5) is 38.1. The molecule has 0 fully saturated rings. The van der Waals surface area contributed by atoms with E-state index >= 15 is 0 Å². The smallest absolute Gasteiger partial charge is 0.408 e. The Labute approximate surface area is 191 Å². The van der Waals surface area contributed by atoms with E-state index < -0.39 is 24.1 Å². The molecule has 0 saturated heterocycles. The van der Waals surface area contributed by atoms with Crippen LogP contribution < -0.4 is 0 Å². The minimum Gasteiger partial charge on any atom is -0.465 e. The Hall–Kier alpha value is -4.13. The summed E-state index contributed by atoms with van der Waals surface area (Å²) in [5.74, 6) is -1.09. The molecule has 1 aliphatic rings. The van der Waals surface area contributed by atoms with E-state index in [2.05, 4.69) is 0 Å². The molecule has 7 nitrogen and oxygen atoms in total. The van der Waals surface area contributed by atoms with Crippen molar-refractivity contribution in [2.45, 2.75) is 32.2 Å². The number of ether oxygens (including phenoxy) is 2. The Morgan fingerprint density at radius 3 is 2.03 bits per heavy atom. The molecule has 1 aliphatic heterocycles. The molecular formula is C26H23NO6. The van der Waals surface area contributed by atoms with Gasteiger partial charge < -0.3 is 14.6 Å². The number of fused-ring (bicyclic) bond motifs is 1. The van der Waals surface area contributed by atoms with Gasteiger partial charge in [0.1, 0.15) is 19.3 Å². The zero-order valence-corrected chi connectivity index (χ0v) is 17.8. The number of benzene rings is 3. The van der Waals surface area contributed by atoms with Crippen LogP contribution in [-0.2, 0) is 40.4 Å². The van der Waals surface area contributed by atoms with E-state index in [-0.39, 0.29) is 26.2 Å². The number of carboxylic acid groups (broad SMARTS) is 1. The quantitative estimate of drug-likeness (QED) is 0.572. The van der Waals surface area contributed by atoms with E-state index in [4.69, 9.17) is 9.47 Å². The average Bonchev–Trinajstić information content (AvgIpc) is 2.85. The van der Waals surface area contributed by atoms with E-state index in [1.807, 2.05) is 60.7 Å². The fourth-order valence-corrected chi connectivity index (χ4v) is 3.75. The van der Waals surface area contributed by atoms with Gasteiger partial charge in [-0.15, -0.1) is 0 Å². The van der Waals surface area contributed by atoms with Crippen molar-refractivity contribution in [3.63, 3.8) is 0 Å². The molecule has 1 heterocycles. The standard InChI is InChI=1S/C26H23NO6/c28-24(32-16-18-7-3-1-4-8-18)21-12-11-20-14-23(27(26(30)31)15-22(20)13-21)25(29)33-17-19-9-5-2-6-10-19/h1-13,23H,14-17H2,(H,30,31)/t23-/m1/s1. The number of esters is 2. The van der Waals surface area contributed by atoms with Crippen molar-refractivity contribution in [1.82, 2.24) is 4.90 Å². The number of rotatable bonds is 6. The second-order valence-electron chi connectivity index (χ2n) is 7.77. The molecule has 1 amide bonds. The molecule has 7 heteroatoms. The predicted molar refractivity (Wildman–Crippen MR) is 119 cm³/mol. The molecule has 3 aromatic carbocycles. The summed E-state index contributed by atoms with van der Waals surface area (Å²) in [7, 11) is 0. The van der Waals surface area contributed by atoms with Gasteiger partial charge in [0.05, 0.1) is 12.1 Å². The number of hydrogen-bond donors (Lipinski definition) is 1. The highest BCUT2D eigenvalue weighted by atomic mass is 16.5. The van der Waals surface area contributed by atoms with Gasteiger partial charge in [-0.25, -0.2) is 14.4 Å². The lowest BCUT2D eigenvalue weighted by molar-refractivity contribution is -0.151. The van der Waals surface area contributed by atoms with Gasteiger partial charge in [0.25, 0.3) is 0 Å². The van der Waals surface area contributed by atoms with Crippen LogP contribution in [0.3, 0.4) is 0 Å². The lowest BCUT2D eigenvalue weighted by atomic mass is 9.92. The Kier molecular flexibility index (Phi) is 6.69. The first-order chi connectivity index (χ1) is 16.0. The maximum absolute atomic E-state index is 12.7. The summed E-state index contributed by atoms with van der Waals surface area (Å²) in [5.41, 5.74) is 3.49. The monoisotopic (exact) mass is 445 g/mol. The van der Waals surface area contributed by atoms with Crippen LogP contribution in [0.1, 0.15) is 32.6 Å². The zero-order valence-electron chi connectivity index (χ0n) is 17.8. The fraction of sp³-hybridized carbons (Fsp3) is 0.192. The molecule has 1 atom stereocenters. The second kappa shape index (κ2) is 9.99. The molecule has 0 aliphatic carbocycles. The van der Waals surface area contributed by atoms with Crippen molar-refractivity contribution in [2.75, 3.05) is 0 Å². The first-order valence-electron chi connectivity index (χ1n) is 10.5. The lowest BCUT2D eigenvalue weighted by Gasteiger charge is -2.33. The third kappa shape index (κ3) is 5.38. The SMILES string of the molecule is O=C(OCc1ccccc1)c1ccc2c(c1)CN(C(=O)O)[C@@H](C(=O)OCc1ccccc1)C2. The number of carbonyl (C=O) groups excluding carboxylic acids is 2. The highest BCUT2D eigenvalue weighted by molar-refractivity contribution is 5.90. The van der Waals surface area contributed by atoms with Gasteiger partial charge in [-0.05, 0) is 34.4 Å². The number of carbonyl (C=O) groups is 3. The van der Waals surface area contributed by atoms with E-state index in [0.717, 1.165) is 21.6 Å². The molecular weight excluding hydrogens is 422 g/mol. The van der Waals surface area contributed by atoms with Crippen molar-refractivity contribution in [1.29, 1.82) is 0 Å². The van der Waals surface area contributed by atoms with E-state index in [0.29, 0.717) is 11.1 Å². The van der Waals surface area contributed by atoms with Crippen LogP contribution in [0, 0.1) is 0 Å². The number of nitrogens with zero attached hydrogens (tertiary/aromatic N) is 1. The molecule has 33 heavy (non-hydrogen) atoms. The van der Waals surface area contributed by atoms with Gasteiger partial charge in [0.15, 0.2) is 0 Å². The maximum atomic E-state index is 12.7. The summed E-state index contributed by atoms with van der Waals surface area (Å²) < 4.78 is 10.8. The van der Waals surface area contributed by atoms with Gasteiger partial charge in [-0.2, -0.15) is 0 Å². The van der Waals surface area contributed by atoms with E-state index in [1.54, 1.807) is 18.2 Å². The molecule has 0 saturated carbocycles. The van der Waals surface area contributed by atoms with Gasteiger partial charge in [0, 0.05) is 6.42 Å². The Bertz CT molecular complexity index is 1150. The molecule has 3 aromatic rings. The number of hydrogen-bond acceptors (Lipinski definition) is 5. The van der Waals surface area contributed by atoms with Crippen LogP contribution in [0.5, 0.6) is 0 Å². The maximum Gasteiger partial charge on any atom is 0.408 e. The summed E-state index contributed by atoms with van der Waals surface area (Å²) in [6, 6.07) is 22.6. The van der Waals surface area contributed by atoms with Crippen LogP contribution in [0.15, 0.2) is 78.9 Å². The van der Waals surface area contributed by atoms with E-state index in [1.165, 1.54) is 0 Å². The molecule has 1 N–H and O–H groups in total. The minimum absolute atomic E-state index is 0.0183. The Balaban J connectivity index is 1.45. The van der Waals surface area contributed by atoms with Gasteiger partial charge in [-0.1, -0.05) is 66.7 Å². The highest BCUT2D eigenvalue weighted by Gasteiger charge is 2.36. The van der Waals surface area contributed by atoms with Crippen LogP contribution in [0.25, 0.3) is 0 Å². The van der Waals surface area contributed by atoms with Crippen LogP contribution in [-0.4, -0.2) is 34.1 Å². The van der Waals surface area contributed by atoms with Crippen molar-refractivity contribution >= 4 is 18.0 Å². The Morgan fingerprint density at radius 1 is 0.818 bits per heavy atom. The molecule has 0 aromatic heterocycles. The van der Waals surface area contributed by atoms with Gasteiger partial charge in [-0.3, -0.25) is 4.90 Å². The van der Waals surface area contributed by atoms with Crippen molar-refractivity contribution in [2.24, 2.45) is 0 Å². The lowest BCUT2D eigenvalue weighted by Crippen LogP contribution is -2.48. The summed E-state index contributed by atoms with van der Waals surface area (Å²) in [6.07, 6.45) is -1.05. The highest BCUT2D eigenvalue weighted by Crippen LogP contribution is 2.26. The molecule has 0 bridgehead atoms. The van der Waals surface area contributed by atoms with Gasteiger partial charge in [0.2, 0.25) is 0 Å². The first-order valence-corrected chi connectivity index (χ1v) is 10.5. The third-order valence-electron chi connectivity index (χ3n) is 5.53. The van der Waals surface area contributed by atoms with E-state index in [9.17, 15) is 19.5 Å². The van der Waals surface area contributed by atoms with Crippen molar-refractivity contribution < 1.29 is 29.0 Å². The number of amides is 1. The van der Waals surface area contributed by atoms with Crippen LogP contribution in [0.2, 0.25) is 0 Å². The minimum atomic E-state index is -1.22. The predicted octanol–water partition coefficient (Wildman–Crippen LogP) is 4.19. The molecule has 0 unspecified atom stereocenters. The fourth-order valence-electron chi connectivity index (χ4n) is 3.75. The molecule has 0 spiro atoms. The van der Waals surface area contributed by atoms with Crippen LogP contribution in [0.4, 0.5) is 4.79 Å². The average molecular weight is 445 g/mol. The molecule has 0 radical (unpaired) electrons. The summed E-state index contributed by atoms with van der Waals surface area (Å²) in [5, 5.41) is 9.68. The van der Waals surface area contributed by atoms with Crippen molar-refractivity contribution in [3.05, 3.63) is 107 Å².